The van der Waals surface area contributed by atoms with Crippen LogP contribution in [0.5, 0.6) is 0 Å². The molecule has 18 heavy (non-hydrogen) atoms. The second-order valence-corrected chi connectivity index (χ2v) is 4.81. The molecule has 0 spiro atoms. The average molecular weight is 237 g/mol. The normalized spacial score (nSPS) is 11.1. The van der Waals surface area contributed by atoms with E-state index in [4.69, 9.17) is 4.42 Å². The van der Waals surface area contributed by atoms with Crippen LogP contribution < -0.4 is 0 Å². The number of hydrogen-bond acceptors (Lipinski definition) is 2. The van der Waals surface area contributed by atoms with Gasteiger partial charge in [-0.2, -0.15) is 0 Å². The second-order valence-electron chi connectivity index (χ2n) is 4.81. The molecule has 0 atom stereocenters. The lowest BCUT2D eigenvalue weighted by Crippen LogP contribution is -1.84. The zero-order valence-corrected chi connectivity index (χ0v) is 10.8. The summed E-state index contributed by atoms with van der Waals surface area (Å²) in [6, 6.07) is 12.4. The maximum Gasteiger partial charge on any atom is 0.227 e. The lowest BCUT2D eigenvalue weighted by Gasteiger charge is -2.02. The SMILES string of the molecule is Cc1ccc(C)c(-c2nc3cc(C)ccc3o2)c1. The summed E-state index contributed by atoms with van der Waals surface area (Å²) < 4.78 is 5.83. The Morgan fingerprint density at radius 3 is 2.44 bits per heavy atom. The Kier molecular flexibility index (Phi) is 2.44. The van der Waals surface area contributed by atoms with Gasteiger partial charge in [0.2, 0.25) is 5.89 Å². The molecule has 2 aromatic carbocycles. The van der Waals surface area contributed by atoms with Crippen molar-refractivity contribution in [3.05, 3.63) is 53.1 Å². The first-order valence-electron chi connectivity index (χ1n) is 6.08. The summed E-state index contributed by atoms with van der Waals surface area (Å²) in [5.41, 5.74) is 6.44. The zero-order chi connectivity index (χ0) is 12.7. The molecule has 0 saturated heterocycles. The van der Waals surface area contributed by atoms with Crippen molar-refractivity contribution in [1.82, 2.24) is 4.98 Å². The van der Waals surface area contributed by atoms with Gasteiger partial charge in [-0.1, -0.05) is 23.8 Å². The van der Waals surface area contributed by atoms with Gasteiger partial charge in [-0.25, -0.2) is 4.98 Å². The van der Waals surface area contributed by atoms with Crippen molar-refractivity contribution in [1.29, 1.82) is 0 Å². The lowest BCUT2D eigenvalue weighted by atomic mass is 10.1. The van der Waals surface area contributed by atoms with E-state index >= 15 is 0 Å². The first-order valence-corrected chi connectivity index (χ1v) is 6.08. The van der Waals surface area contributed by atoms with Crippen molar-refractivity contribution < 1.29 is 4.42 Å². The number of benzene rings is 2. The third kappa shape index (κ3) is 1.80. The van der Waals surface area contributed by atoms with Crippen LogP contribution in [0.15, 0.2) is 40.8 Å². The van der Waals surface area contributed by atoms with Gasteiger partial charge in [0.05, 0.1) is 0 Å². The smallest absolute Gasteiger partial charge is 0.227 e. The molecule has 0 radical (unpaired) electrons. The van der Waals surface area contributed by atoms with Crippen molar-refractivity contribution in [3.8, 4) is 11.5 Å². The van der Waals surface area contributed by atoms with Gasteiger partial charge >= 0.3 is 0 Å². The summed E-state index contributed by atoms with van der Waals surface area (Å²) in [6.45, 7) is 6.22. The van der Waals surface area contributed by atoms with E-state index in [0.29, 0.717) is 5.89 Å². The third-order valence-electron chi connectivity index (χ3n) is 3.17. The molecule has 90 valence electrons. The minimum atomic E-state index is 0.705. The fourth-order valence-corrected chi connectivity index (χ4v) is 2.12. The zero-order valence-electron chi connectivity index (χ0n) is 10.8. The highest BCUT2D eigenvalue weighted by Crippen LogP contribution is 2.27. The van der Waals surface area contributed by atoms with E-state index in [1.54, 1.807) is 0 Å². The predicted octanol–water partition coefficient (Wildman–Crippen LogP) is 4.42. The van der Waals surface area contributed by atoms with Gasteiger partial charge in [0.1, 0.15) is 5.52 Å². The number of fused-ring (bicyclic) bond motifs is 1. The molecule has 0 bridgehead atoms. The Bertz CT molecular complexity index is 725. The van der Waals surface area contributed by atoms with Gasteiger partial charge in [0, 0.05) is 5.56 Å². The summed E-state index contributed by atoms with van der Waals surface area (Å²) in [4.78, 5) is 4.58. The van der Waals surface area contributed by atoms with Crippen LogP contribution in [0.3, 0.4) is 0 Å². The monoisotopic (exact) mass is 237 g/mol. The molecule has 1 aromatic heterocycles. The molecule has 0 saturated carbocycles. The Morgan fingerprint density at radius 2 is 1.61 bits per heavy atom. The van der Waals surface area contributed by atoms with Crippen molar-refractivity contribution in [3.63, 3.8) is 0 Å². The molecular weight excluding hydrogens is 222 g/mol. The predicted molar refractivity (Wildman–Crippen MR) is 73.7 cm³/mol. The van der Waals surface area contributed by atoms with Crippen LogP contribution in [0.25, 0.3) is 22.6 Å². The quantitative estimate of drug-likeness (QED) is 0.626. The van der Waals surface area contributed by atoms with E-state index in [-0.39, 0.29) is 0 Å². The minimum absolute atomic E-state index is 0.705. The average Bonchev–Trinajstić information content (AvgIpc) is 2.74. The maximum absolute atomic E-state index is 5.83. The molecule has 0 amide bonds. The standard InChI is InChI=1S/C16H15NO/c1-10-4-6-12(3)13(8-10)16-17-14-9-11(2)5-7-15(14)18-16/h4-9H,1-3H3. The van der Waals surface area contributed by atoms with Crippen molar-refractivity contribution in [2.45, 2.75) is 20.8 Å². The summed E-state index contributed by atoms with van der Waals surface area (Å²) in [5, 5.41) is 0. The van der Waals surface area contributed by atoms with Gasteiger partial charge in [-0.05, 0) is 50.1 Å². The highest BCUT2D eigenvalue weighted by molar-refractivity contribution is 5.77. The van der Waals surface area contributed by atoms with E-state index in [2.05, 4.69) is 44.0 Å². The summed E-state index contributed by atoms with van der Waals surface area (Å²) in [5.74, 6) is 0.705. The highest BCUT2D eigenvalue weighted by atomic mass is 16.3. The molecule has 0 unspecified atom stereocenters. The maximum atomic E-state index is 5.83. The van der Waals surface area contributed by atoms with Gasteiger partial charge in [-0.3, -0.25) is 0 Å². The molecule has 0 fully saturated rings. The van der Waals surface area contributed by atoms with Crippen LogP contribution in [-0.2, 0) is 0 Å². The van der Waals surface area contributed by atoms with Crippen LogP contribution in [0.1, 0.15) is 16.7 Å². The number of oxazole rings is 1. The summed E-state index contributed by atoms with van der Waals surface area (Å²) in [7, 11) is 0. The molecule has 0 aliphatic rings. The second kappa shape index (κ2) is 3.98. The van der Waals surface area contributed by atoms with Crippen LogP contribution >= 0.6 is 0 Å². The minimum Gasteiger partial charge on any atom is -0.436 e. The first kappa shape index (κ1) is 11.0. The van der Waals surface area contributed by atoms with Gasteiger partial charge in [-0.15, -0.1) is 0 Å². The molecule has 2 nitrogen and oxygen atoms in total. The largest absolute Gasteiger partial charge is 0.436 e. The molecule has 3 aromatic rings. The van der Waals surface area contributed by atoms with Gasteiger partial charge in [0.25, 0.3) is 0 Å². The summed E-state index contributed by atoms with van der Waals surface area (Å²) >= 11 is 0. The van der Waals surface area contributed by atoms with E-state index in [1.165, 1.54) is 16.7 Å². The lowest BCUT2D eigenvalue weighted by molar-refractivity contribution is 0.619. The van der Waals surface area contributed by atoms with Gasteiger partial charge in [0.15, 0.2) is 5.58 Å². The molecule has 2 heteroatoms. The fraction of sp³-hybridized carbons (Fsp3) is 0.188. The number of nitrogens with zero attached hydrogens (tertiary/aromatic N) is 1. The Hall–Kier alpha value is -2.09. The topological polar surface area (TPSA) is 26.0 Å². The Balaban J connectivity index is 2.22. The van der Waals surface area contributed by atoms with Crippen molar-refractivity contribution in [2.75, 3.05) is 0 Å². The molecular formula is C16H15NO. The van der Waals surface area contributed by atoms with E-state index in [9.17, 15) is 0 Å². The van der Waals surface area contributed by atoms with E-state index in [1.807, 2.05) is 18.2 Å². The summed E-state index contributed by atoms with van der Waals surface area (Å²) in [6.07, 6.45) is 0. The number of aryl methyl sites for hydroxylation is 3. The van der Waals surface area contributed by atoms with Crippen molar-refractivity contribution >= 4 is 11.1 Å². The molecule has 0 aliphatic heterocycles. The molecule has 0 N–H and O–H groups in total. The molecule has 0 aliphatic carbocycles. The van der Waals surface area contributed by atoms with Crippen molar-refractivity contribution in [2.24, 2.45) is 0 Å². The van der Waals surface area contributed by atoms with E-state index < -0.39 is 0 Å². The number of hydrogen-bond donors (Lipinski definition) is 0. The van der Waals surface area contributed by atoms with Crippen LogP contribution in [0.2, 0.25) is 0 Å². The Labute approximate surface area is 106 Å². The van der Waals surface area contributed by atoms with E-state index in [0.717, 1.165) is 16.7 Å². The van der Waals surface area contributed by atoms with Gasteiger partial charge < -0.3 is 4.42 Å². The van der Waals surface area contributed by atoms with Crippen LogP contribution in [0, 0.1) is 20.8 Å². The Morgan fingerprint density at radius 1 is 0.889 bits per heavy atom. The van der Waals surface area contributed by atoms with Crippen LogP contribution in [0.4, 0.5) is 0 Å². The number of aromatic nitrogens is 1. The molecule has 1 heterocycles. The number of rotatable bonds is 1. The third-order valence-corrected chi connectivity index (χ3v) is 3.17. The fourth-order valence-electron chi connectivity index (χ4n) is 2.12. The molecule has 3 rings (SSSR count). The highest BCUT2D eigenvalue weighted by Gasteiger charge is 2.10. The first-order chi connectivity index (χ1) is 8.63. The van der Waals surface area contributed by atoms with Crippen LogP contribution in [-0.4, -0.2) is 4.98 Å².